The van der Waals surface area contributed by atoms with E-state index in [0.29, 0.717) is 18.2 Å². The summed E-state index contributed by atoms with van der Waals surface area (Å²) in [6.07, 6.45) is 1.20. The summed E-state index contributed by atoms with van der Waals surface area (Å²) in [5.41, 5.74) is -0.333. The first-order valence-corrected chi connectivity index (χ1v) is 6.02. The van der Waals surface area contributed by atoms with Crippen LogP contribution < -0.4 is 10.7 Å². The first-order valence-electron chi connectivity index (χ1n) is 6.02. The molecule has 6 heteroatoms. The zero-order valence-electron chi connectivity index (χ0n) is 11.3. The minimum absolute atomic E-state index is 0.000880. The molecule has 0 bridgehead atoms. The standard InChI is InChI=1S/C13H18N2O4/c1-8(2)5-14-12(17)7-15-6-10(13(18)19)11(16)4-9(15)3/h4,6,8H,5,7H2,1-3H3,(H,14,17)(H,18,19). The van der Waals surface area contributed by atoms with E-state index in [4.69, 9.17) is 5.11 Å². The van der Waals surface area contributed by atoms with Crippen LogP contribution in [-0.2, 0) is 11.3 Å². The van der Waals surface area contributed by atoms with E-state index in [-0.39, 0.29) is 18.0 Å². The van der Waals surface area contributed by atoms with Gasteiger partial charge >= 0.3 is 5.97 Å². The van der Waals surface area contributed by atoms with Crippen molar-refractivity contribution in [3.05, 3.63) is 33.7 Å². The molecule has 0 aliphatic carbocycles. The number of carboxylic acid groups (broad SMARTS) is 1. The highest BCUT2D eigenvalue weighted by molar-refractivity contribution is 5.87. The number of rotatable bonds is 5. The third kappa shape index (κ3) is 4.24. The molecule has 0 saturated heterocycles. The molecule has 1 aromatic rings. The van der Waals surface area contributed by atoms with E-state index in [0.717, 1.165) is 0 Å². The number of carboxylic acids is 1. The number of aromatic nitrogens is 1. The molecule has 2 N–H and O–H groups in total. The Hall–Kier alpha value is -2.11. The maximum Gasteiger partial charge on any atom is 0.341 e. The fourth-order valence-corrected chi connectivity index (χ4v) is 1.53. The molecule has 19 heavy (non-hydrogen) atoms. The number of carbonyl (C=O) groups excluding carboxylic acids is 1. The lowest BCUT2D eigenvalue weighted by Crippen LogP contribution is -2.32. The quantitative estimate of drug-likeness (QED) is 0.818. The van der Waals surface area contributed by atoms with Crippen molar-refractivity contribution < 1.29 is 14.7 Å². The second-order valence-electron chi connectivity index (χ2n) is 4.82. The predicted molar refractivity (Wildman–Crippen MR) is 70.2 cm³/mol. The summed E-state index contributed by atoms with van der Waals surface area (Å²) in [5, 5.41) is 11.6. The van der Waals surface area contributed by atoms with Gasteiger partial charge in [-0.1, -0.05) is 13.8 Å². The van der Waals surface area contributed by atoms with Crippen LogP contribution in [0.25, 0.3) is 0 Å². The van der Waals surface area contributed by atoms with Gasteiger partial charge in [-0.2, -0.15) is 0 Å². The second-order valence-corrected chi connectivity index (χ2v) is 4.82. The van der Waals surface area contributed by atoms with Gasteiger partial charge in [-0.25, -0.2) is 4.79 Å². The smallest absolute Gasteiger partial charge is 0.341 e. The Morgan fingerprint density at radius 3 is 2.58 bits per heavy atom. The molecule has 0 aliphatic rings. The summed E-state index contributed by atoms with van der Waals surface area (Å²) in [6.45, 7) is 6.17. The summed E-state index contributed by atoms with van der Waals surface area (Å²) in [6, 6.07) is 1.22. The van der Waals surface area contributed by atoms with E-state index in [2.05, 4.69) is 5.32 Å². The van der Waals surface area contributed by atoms with Crippen LogP contribution in [0.2, 0.25) is 0 Å². The van der Waals surface area contributed by atoms with Crippen LogP contribution >= 0.6 is 0 Å². The van der Waals surface area contributed by atoms with Gasteiger partial charge in [-0.3, -0.25) is 9.59 Å². The number of hydrogen-bond donors (Lipinski definition) is 2. The van der Waals surface area contributed by atoms with Gasteiger partial charge in [0.15, 0.2) is 5.43 Å². The molecule has 0 atom stereocenters. The van der Waals surface area contributed by atoms with Crippen molar-refractivity contribution in [3.8, 4) is 0 Å². The first-order chi connectivity index (χ1) is 8.81. The molecular formula is C13H18N2O4. The van der Waals surface area contributed by atoms with E-state index in [9.17, 15) is 14.4 Å². The average molecular weight is 266 g/mol. The fourth-order valence-electron chi connectivity index (χ4n) is 1.53. The van der Waals surface area contributed by atoms with Crippen molar-refractivity contribution in [2.24, 2.45) is 5.92 Å². The molecule has 104 valence electrons. The SMILES string of the molecule is Cc1cc(=O)c(C(=O)O)cn1CC(=O)NCC(C)C. The van der Waals surface area contributed by atoms with E-state index >= 15 is 0 Å². The Morgan fingerprint density at radius 2 is 2.05 bits per heavy atom. The maximum atomic E-state index is 11.7. The van der Waals surface area contributed by atoms with Crippen LogP contribution in [0.4, 0.5) is 0 Å². The Balaban J connectivity index is 2.89. The highest BCUT2D eigenvalue weighted by atomic mass is 16.4. The molecule has 0 saturated carbocycles. The van der Waals surface area contributed by atoms with Crippen LogP contribution in [0.15, 0.2) is 17.1 Å². The molecule has 0 aromatic carbocycles. The monoisotopic (exact) mass is 266 g/mol. The lowest BCUT2D eigenvalue weighted by molar-refractivity contribution is -0.121. The van der Waals surface area contributed by atoms with Crippen molar-refractivity contribution in [2.45, 2.75) is 27.3 Å². The van der Waals surface area contributed by atoms with Crippen molar-refractivity contribution in [2.75, 3.05) is 6.54 Å². The average Bonchev–Trinajstić information content (AvgIpc) is 2.29. The van der Waals surface area contributed by atoms with Gasteiger partial charge in [0.2, 0.25) is 5.91 Å². The predicted octanol–water partition coefficient (Wildman–Crippen LogP) is 0.627. The second kappa shape index (κ2) is 6.17. The lowest BCUT2D eigenvalue weighted by atomic mass is 10.2. The van der Waals surface area contributed by atoms with Gasteiger partial charge in [0, 0.05) is 24.5 Å². The molecule has 1 rings (SSSR count). The van der Waals surface area contributed by atoms with E-state index in [1.165, 1.54) is 16.8 Å². The largest absolute Gasteiger partial charge is 0.477 e. The van der Waals surface area contributed by atoms with Crippen molar-refractivity contribution in [3.63, 3.8) is 0 Å². The summed E-state index contributed by atoms with van der Waals surface area (Å²) < 4.78 is 1.46. The molecule has 0 fully saturated rings. The Kier molecular flexibility index (Phi) is 4.86. The van der Waals surface area contributed by atoms with Crippen LogP contribution in [0.5, 0.6) is 0 Å². The third-order valence-corrected chi connectivity index (χ3v) is 2.60. The van der Waals surface area contributed by atoms with E-state index < -0.39 is 11.4 Å². The van der Waals surface area contributed by atoms with Crippen LogP contribution in [0.3, 0.4) is 0 Å². The number of nitrogens with one attached hydrogen (secondary N) is 1. The molecule has 1 heterocycles. The highest BCUT2D eigenvalue weighted by Gasteiger charge is 2.12. The normalized spacial score (nSPS) is 10.5. The van der Waals surface area contributed by atoms with E-state index in [1.807, 2.05) is 13.8 Å². The number of pyridine rings is 1. The molecule has 1 aromatic heterocycles. The molecule has 0 spiro atoms. The maximum absolute atomic E-state index is 11.7. The van der Waals surface area contributed by atoms with E-state index in [1.54, 1.807) is 6.92 Å². The Bertz CT molecular complexity index is 546. The van der Waals surface area contributed by atoms with Gasteiger partial charge in [-0.15, -0.1) is 0 Å². The number of hydrogen-bond acceptors (Lipinski definition) is 3. The van der Waals surface area contributed by atoms with Gasteiger partial charge in [0.05, 0.1) is 0 Å². The lowest BCUT2D eigenvalue weighted by Gasteiger charge is -2.12. The topological polar surface area (TPSA) is 88.4 Å². The molecule has 1 amide bonds. The first kappa shape index (κ1) is 14.9. The Labute approximate surface area is 111 Å². The number of aryl methyl sites for hydroxylation is 1. The summed E-state index contributed by atoms with van der Waals surface area (Å²) in [7, 11) is 0. The Morgan fingerprint density at radius 1 is 1.42 bits per heavy atom. The van der Waals surface area contributed by atoms with Gasteiger partial charge < -0.3 is 15.0 Å². The van der Waals surface area contributed by atoms with Crippen molar-refractivity contribution in [1.29, 1.82) is 0 Å². The molecule has 6 nitrogen and oxygen atoms in total. The van der Waals surface area contributed by atoms with Gasteiger partial charge in [0.25, 0.3) is 0 Å². The van der Waals surface area contributed by atoms with Crippen LogP contribution in [0, 0.1) is 12.8 Å². The minimum Gasteiger partial charge on any atom is -0.477 e. The molecular weight excluding hydrogens is 248 g/mol. The summed E-state index contributed by atoms with van der Waals surface area (Å²) >= 11 is 0. The van der Waals surface area contributed by atoms with Crippen LogP contribution in [0.1, 0.15) is 29.9 Å². The van der Waals surface area contributed by atoms with Crippen molar-refractivity contribution in [1.82, 2.24) is 9.88 Å². The zero-order valence-corrected chi connectivity index (χ0v) is 11.3. The number of carbonyl (C=O) groups is 2. The fraction of sp³-hybridized carbons (Fsp3) is 0.462. The highest BCUT2D eigenvalue weighted by Crippen LogP contribution is 2.00. The molecule has 0 radical (unpaired) electrons. The zero-order chi connectivity index (χ0) is 14.6. The van der Waals surface area contributed by atoms with Gasteiger partial charge in [0.1, 0.15) is 12.1 Å². The molecule has 0 aliphatic heterocycles. The molecule has 0 unspecified atom stereocenters. The summed E-state index contributed by atoms with van der Waals surface area (Å²) in [5.74, 6) is -1.16. The van der Waals surface area contributed by atoms with Gasteiger partial charge in [-0.05, 0) is 12.8 Å². The minimum atomic E-state index is -1.29. The summed E-state index contributed by atoms with van der Waals surface area (Å²) in [4.78, 5) is 34.0. The third-order valence-electron chi connectivity index (χ3n) is 2.60. The number of aromatic carboxylic acids is 1. The van der Waals surface area contributed by atoms with Crippen molar-refractivity contribution >= 4 is 11.9 Å². The number of amides is 1. The number of nitrogens with zero attached hydrogens (tertiary/aromatic N) is 1. The van der Waals surface area contributed by atoms with Crippen LogP contribution in [-0.4, -0.2) is 28.1 Å².